The van der Waals surface area contributed by atoms with Gasteiger partial charge < -0.3 is 10.2 Å². The lowest BCUT2D eigenvalue weighted by Gasteiger charge is -2.22. The molecule has 0 aliphatic rings. The number of hydrogen-bond acceptors (Lipinski definition) is 6. The molecule has 0 atom stereocenters. The van der Waals surface area contributed by atoms with E-state index in [1.807, 2.05) is 0 Å². The third-order valence-corrected chi connectivity index (χ3v) is 5.74. The van der Waals surface area contributed by atoms with Crippen molar-refractivity contribution in [1.82, 2.24) is 0 Å². The normalized spacial score (nSPS) is 13.2. The number of hydrogen-bond donors (Lipinski definition) is 4. The Morgan fingerprint density at radius 3 is 1.56 bits per heavy atom. The van der Waals surface area contributed by atoms with Crippen molar-refractivity contribution in [3.63, 3.8) is 0 Å². The summed E-state index contributed by atoms with van der Waals surface area (Å²) in [6, 6.07) is 0. The van der Waals surface area contributed by atoms with Crippen LogP contribution in [0, 0.1) is 0 Å². The molecule has 0 unspecified atom stereocenters. The molecular weight excluding hydrogens is 296 g/mol. The molecule has 0 aromatic heterocycles. The van der Waals surface area contributed by atoms with Crippen LogP contribution in [-0.2, 0) is 29.8 Å². The van der Waals surface area contributed by atoms with E-state index in [9.17, 15) is 26.4 Å². The fourth-order valence-electron chi connectivity index (χ4n) is 1.19. The second kappa shape index (κ2) is 5.17. The lowest BCUT2D eigenvalue weighted by molar-refractivity contribution is -0.140. The Morgan fingerprint density at radius 1 is 0.944 bits per heavy atom. The van der Waals surface area contributed by atoms with Crippen LogP contribution in [0.1, 0.15) is 19.3 Å². The van der Waals surface area contributed by atoms with E-state index in [1.54, 1.807) is 0 Å². The lowest BCUT2D eigenvalue weighted by atomic mass is 10.2. The molecule has 4 N–H and O–H groups in total. The van der Waals surface area contributed by atoms with Crippen molar-refractivity contribution in [1.29, 1.82) is 0 Å². The Balaban J connectivity index is 5.69. The van der Waals surface area contributed by atoms with Crippen LogP contribution in [-0.4, -0.2) is 52.2 Å². The predicted octanol–water partition coefficient (Wildman–Crippen LogP) is -1.20. The molecular formula is C6H10O10S2. The van der Waals surface area contributed by atoms with E-state index in [0.717, 1.165) is 0 Å². The SMILES string of the molecule is O=C(O)CCCC(C(=O)O)(S(=O)(=O)O)S(=O)(=O)O. The number of carbonyl (C=O) groups is 2. The molecule has 12 heteroatoms. The van der Waals surface area contributed by atoms with Gasteiger partial charge in [0.1, 0.15) is 0 Å². The van der Waals surface area contributed by atoms with Gasteiger partial charge in [-0.15, -0.1) is 0 Å². The Bertz CT molecular complexity index is 509. The van der Waals surface area contributed by atoms with Crippen LogP contribution in [0.25, 0.3) is 0 Å². The minimum absolute atomic E-state index is 0.693. The summed E-state index contributed by atoms with van der Waals surface area (Å²) in [5.74, 6) is -3.95. The Morgan fingerprint density at radius 2 is 1.33 bits per heavy atom. The van der Waals surface area contributed by atoms with E-state index in [1.165, 1.54) is 0 Å². The van der Waals surface area contributed by atoms with Crippen molar-refractivity contribution in [2.45, 2.75) is 23.3 Å². The molecule has 0 heterocycles. The topological polar surface area (TPSA) is 183 Å². The van der Waals surface area contributed by atoms with Crippen LogP contribution in [0.4, 0.5) is 0 Å². The summed E-state index contributed by atoms with van der Waals surface area (Å²) in [5, 5.41) is 16.9. The highest BCUT2D eigenvalue weighted by molar-refractivity contribution is 8.06. The zero-order valence-electron chi connectivity index (χ0n) is 8.68. The minimum Gasteiger partial charge on any atom is -0.481 e. The van der Waals surface area contributed by atoms with Crippen LogP contribution in [0.15, 0.2) is 0 Å². The third kappa shape index (κ3) is 3.16. The van der Waals surface area contributed by atoms with E-state index >= 15 is 0 Å². The second-order valence-corrected chi connectivity index (χ2v) is 6.81. The second-order valence-electron chi connectivity index (χ2n) is 3.26. The Kier molecular flexibility index (Phi) is 4.82. The predicted molar refractivity (Wildman–Crippen MR) is 55.0 cm³/mol. The van der Waals surface area contributed by atoms with Crippen LogP contribution in [0.2, 0.25) is 0 Å². The lowest BCUT2D eigenvalue weighted by Crippen LogP contribution is -2.52. The van der Waals surface area contributed by atoms with E-state index in [-0.39, 0.29) is 0 Å². The quantitative estimate of drug-likeness (QED) is 0.416. The highest BCUT2D eigenvalue weighted by Gasteiger charge is 2.61. The van der Waals surface area contributed by atoms with Gasteiger partial charge in [-0.25, -0.2) is 4.79 Å². The summed E-state index contributed by atoms with van der Waals surface area (Å²) in [5.41, 5.74) is 0. The zero-order valence-corrected chi connectivity index (χ0v) is 10.3. The molecule has 0 aromatic carbocycles. The molecule has 0 bridgehead atoms. The van der Waals surface area contributed by atoms with Crippen molar-refractivity contribution < 1.29 is 45.7 Å². The molecule has 106 valence electrons. The molecule has 0 amide bonds. The maximum absolute atomic E-state index is 10.9. The monoisotopic (exact) mass is 306 g/mol. The Hall–Kier alpha value is -1.24. The fraction of sp³-hybridized carbons (Fsp3) is 0.667. The summed E-state index contributed by atoms with van der Waals surface area (Å²) in [6.45, 7) is 0. The molecule has 0 spiro atoms. The van der Waals surface area contributed by atoms with Gasteiger partial charge >= 0.3 is 16.0 Å². The molecule has 10 nitrogen and oxygen atoms in total. The molecule has 0 fully saturated rings. The molecule has 0 rings (SSSR count). The first-order valence-corrected chi connectivity index (χ1v) is 7.13. The summed E-state index contributed by atoms with van der Waals surface area (Å²) in [7, 11) is -11.4. The fourth-order valence-corrected chi connectivity index (χ4v) is 3.50. The minimum atomic E-state index is -5.71. The van der Waals surface area contributed by atoms with Crippen molar-refractivity contribution in [3.8, 4) is 0 Å². The molecule has 0 aliphatic carbocycles. The maximum atomic E-state index is 10.9. The number of rotatable bonds is 7. The Labute approximate surface area is 102 Å². The van der Waals surface area contributed by atoms with E-state index < -0.39 is 55.5 Å². The van der Waals surface area contributed by atoms with Gasteiger partial charge in [0.25, 0.3) is 20.2 Å². The highest BCUT2D eigenvalue weighted by atomic mass is 32.3. The average molecular weight is 306 g/mol. The van der Waals surface area contributed by atoms with Crippen molar-refractivity contribution in [2.24, 2.45) is 0 Å². The summed E-state index contributed by atoms with van der Waals surface area (Å²) >= 11 is 0. The van der Waals surface area contributed by atoms with E-state index in [2.05, 4.69) is 0 Å². The molecule has 0 radical (unpaired) electrons. The van der Waals surface area contributed by atoms with E-state index in [0.29, 0.717) is 0 Å². The van der Waals surface area contributed by atoms with Gasteiger partial charge in [-0.3, -0.25) is 13.9 Å². The molecule has 0 aromatic rings. The first-order valence-electron chi connectivity index (χ1n) is 4.25. The van der Waals surface area contributed by atoms with Crippen molar-refractivity contribution in [2.75, 3.05) is 0 Å². The van der Waals surface area contributed by atoms with Gasteiger partial charge in [-0.2, -0.15) is 16.8 Å². The van der Waals surface area contributed by atoms with Gasteiger partial charge in [-0.1, -0.05) is 0 Å². The van der Waals surface area contributed by atoms with Gasteiger partial charge in [0.15, 0.2) is 0 Å². The summed E-state index contributed by atoms with van der Waals surface area (Å²) in [6.07, 6.45) is -2.73. The summed E-state index contributed by atoms with van der Waals surface area (Å²) < 4.78 is 57.1. The smallest absolute Gasteiger partial charge is 0.346 e. The van der Waals surface area contributed by atoms with Gasteiger partial charge in [0.05, 0.1) is 0 Å². The van der Waals surface area contributed by atoms with Crippen LogP contribution in [0.5, 0.6) is 0 Å². The third-order valence-electron chi connectivity index (χ3n) is 2.06. The first-order chi connectivity index (χ1) is 7.86. The largest absolute Gasteiger partial charge is 0.481 e. The molecule has 0 saturated carbocycles. The molecule has 0 aliphatic heterocycles. The zero-order chi connectivity index (χ0) is 14.8. The van der Waals surface area contributed by atoms with Crippen molar-refractivity contribution in [3.05, 3.63) is 0 Å². The van der Waals surface area contributed by atoms with Crippen LogP contribution in [0.3, 0.4) is 0 Å². The number of carboxylic acid groups (broad SMARTS) is 2. The van der Waals surface area contributed by atoms with E-state index in [4.69, 9.17) is 19.3 Å². The standard InChI is InChI=1S/C6H10O10S2/c7-4(8)2-1-3-6(5(9)10,17(11,12)13)18(14,15)16/h1-3H2,(H,7,8)(H,9,10)(H,11,12,13)(H,14,15,16). The highest BCUT2D eigenvalue weighted by Crippen LogP contribution is 2.30. The van der Waals surface area contributed by atoms with Gasteiger partial charge in [-0.05, 0) is 12.8 Å². The maximum Gasteiger partial charge on any atom is 0.346 e. The number of aliphatic carboxylic acids is 2. The van der Waals surface area contributed by atoms with Gasteiger partial charge in [0.2, 0.25) is 0 Å². The molecule has 0 saturated heterocycles. The van der Waals surface area contributed by atoms with Crippen LogP contribution >= 0.6 is 0 Å². The van der Waals surface area contributed by atoms with Crippen molar-refractivity contribution >= 4 is 32.2 Å². The molecule has 18 heavy (non-hydrogen) atoms. The first kappa shape index (κ1) is 16.8. The average Bonchev–Trinajstić information content (AvgIpc) is 2.06. The van der Waals surface area contributed by atoms with Crippen LogP contribution < -0.4 is 0 Å². The van der Waals surface area contributed by atoms with Gasteiger partial charge in [0, 0.05) is 6.42 Å². The summed E-state index contributed by atoms with van der Waals surface area (Å²) in [4.78, 5) is 20.9. The number of carboxylic acids is 2.